The molecule has 0 aliphatic rings. The van der Waals surface area contributed by atoms with Crippen LogP contribution >= 0.6 is 11.3 Å². The van der Waals surface area contributed by atoms with Crippen LogP contribution in [0.1, 0.15) is 57.7 Å². The third-order valence-corrected chi connectivity index (χ3v) is 4.02. The molecular formula is C14H26N2S. The SMILES string of the molecule is CCCNCc1csc(C(C(C)C)C(C)C)n1. The molecule has 0 aromatic carbocycles. The Kier molecular flexibility index (Phi) is 6.14. The molecule has 0 unspecified atom stereocenters. The molecule has 1 N–H and O–H groups in total. The van der Waals surface area contributed by atoms with E-state index in [1.54, 1.807) is 0 Å². The molecule has 0 spiro atoms. The van der Waals surface area contributed by atoms with Crippen LogP contribution in [0.5, 0.6) is 0 Å². The van der Waals surface area contributed by atoms with Crippen LogP contribution < -0.4 is 5.32 Å². The number of hydrogen-bond acceptors (Lipinski definition) is 3. The van der Waals surface area contributed by atoms with Crippen molar-refractivity contribution in [3.63, 3.8) is 0 Å². The van der Waals surface area contributed by atoms with Gasteiger partial charge in [0.1, 0.15) is 0 Å². The first-order valence-corrected chi connectivity index (χ1v) is 7.59. The first-order valence-electron chi connectivity index (χ1n) is 6.71. The van der Waals surface area contributed by atoms with Gasteiger partial charge in [-0.25, -0.2) is 4.98 Å². The Morgan fingerprint density at radius 3 is 2.41 bits per heavy atom. The average molecular weight is 254 g/mol. The van der Waals surface area contributed by atoms with Crippen molar-refractivity contribution in [3.05, 3.63) is 16.1 Å². The lowest BCUT2D eigenvalue weighted by Crippen LogP contribution is -2.15. The van der Waals surface area contributed by atoms with Crippen LogP contribution in [0.3, 0.4) is 0 Å². The van der Waals surface area contributed by atoms with Crippen molar-refractivity contribution in [1.82, 2.24) is 10.3 Å². The van der Waals surface area contributed by atoms with Gasteiger partial charge in [0.15, 0.2) is 0 Å². The average Bonchev–Trinajstić information content (AvgIpc) is 2.65. The summed E-state index contributed by atoms with van der Waals surface area (Å²) in [6, 6.07) is 0. The van der Waals surface area contributed by atoms with Crippen LogP contribution in [-0.2, 0) is 6.54 Å². The number of nitrogens with one attached hydrogen (secondary N) is 1. The van der Waals surface area contributed by atoms with Crippen LogP contribution in [0.15, 0.2) is 5.38 Å². The summed E-state index contributed by atoms with van der Waals surface area (Å²) in [6.45, 7) is 13.3. The van der Waals surface area contributed by atoms with Crippen molar-refractivity contribution < 1.29 is 0 Å². The van der Waals surface area contributed by atoms with Gasteiger partial charge in [0.25, 0.3) is 0 Å². The first-order chi connectivity index (χ1) is 8.06. The maximum Gasteiger partial charge on any atom is 0.0964 e. The summed E-state index contributed by atoms with van der Waals surface area (Å²) in [5.74, 6) is 1.93. The van der Waals surface area contributed by atoms with E-state index in [0.29, 0.717) is 17.8 Å². The van der Waals surface area contributed by atoms with E-state index in [9.17, 15) is 0 Å². The number of thiazole rings is 1. The van der Waals surface area contributed by atoms with Gasteiger partial charge in [-0.2, -0.15) is 0 Å². The fraction of sp³-hybridized carbons (Fsp3) is 0.786. The zero-order valence-corrected chi connectivity index (χ0v) is 12.6. The monoisotopic (exact) mass is 254 g/mol. The highest BCUT2D eigenvalue weighted by Crippen LogP contribution is 2.33. The first kappa shape index (κ1) is 14.7. The minimum Gasteiger partial charge on any atom is -0.311 e. The Morgan fingerprint density at radius 2 is 1.88 bits per heavy atom. The van der Waals surface area contributed by atoms with Crippen LogP contribution in [0, 0.1) is 11.8 Å². The zero-order chi connectivity index (χ0) is 12.8. The quantitative estimate of drug-likeness (QED) is 0.743. The summed E-state index contributed by atoms with van der Waals surface area (Å²) in [7, 11) is 0. The van der Waals surface area contributed by atoms with Crippen molar-refractivity contribution in [2.45, 2.75) is 53.5 Å². The van der Waals surface area contributed by atoms with Crippen molar-refractivity contribution in [2.24, 2.45) is 11.8 Å². The fourth-order valence-electron chi connectivity index (χ4n) is 2.29. The molecule has 17 heavy (non-hydrogen) atoms. The molecule has 3 heteroatoms. The van der Waals surface area contributed by atoms with E-state index < -0.39 is 0 Å². The van der Waals surface area contributed by atoms with Crippen LogP contribution in [0.4, 0.5) is 0 Å². The lowest BCUT2D eigenvalue weighted by molar-refractivity contribution is 0.386. The van der Waals surface area contributed by atoms with Gasteiger partial charge in [-0.15, -0.1) is 11.3 Å². The second kappa shape index (κ2) is 7.12. The molecule has 1 rings (SSSR count). The molecular weight excluding hydrogens is 228 g/mol. The minimum atomic E-state index is 0.597. The number of aromatic nitrogens is 1. The highest BCUT2D eigenvalue weighted by atomic mass is 32.1. The third-order valence-electron chi connectivity index (χ3n) is 3.02. The van der Waals surface area contributed by atoms with E-state index in [2.05, 4.69) is 45.3 Å². The molecule has 1 aromatic rings. The number of rotatable bonds is 7. The number of hydrogen-bond donors (Lipinski definition) is 1. The van der Waals surface area contributed by atoms with Gasteiger partial charge < -0.3 is 5.32 Å². The van der Waals surface area contributed by atoms with E-state index >= 15 is 0 Å². The summed E-state index contributed by atoms with van der Waals surface area (Å²) >= 11 is 1.82. The summed E-state index contributed by atoms with van der Waals surface area (Å²) in [6.07, 6.45) is 1.18. The van der Waals surface area contributed by atoms with Crippen LogP contribution in [0.25, 0.3) is 0 Å². The Labute approximate surface area is 110 Å². The van der Waals surface area contributed by atoms with Crippen molar-refractivity contribution >= 4 is 11.3 Å². The minimum absolute atomic E-state index is 0.597. The van der Waals surface area contributed by atoms with E-state index in [-0.39, 0.29) is 0 Å². The van der Waals surface area contributed by atoms with Crippen molar-refractivity contribution in [1.29, 1.82) is 0 Å². The Morgan fingerprint density at radius 1 is 1.24 bits per heavy atom. The second-order valence-corrected chi connectivity index (χ2v) is 6.26. The van der Waals surface area contributed by atoms with Gasteiger partial charge in [-0.1, -0.05) is 34.6 Å². The molecule has 0 amide bonds. The summed E-state index contributed by atoms with van der Waals surface area (Å²) in [5, 5.41) is 6.92. The van der Waals surface area contributed by atoms with E-state index in [1.807, 2.05) is 11.3 Å². The lowest BCUT2D eigenvalue weighted by Gasteiger charge is -2.22. The Bertz CT molecular complexity index is 310. The van der Waals surface area contributed by atoms with Gasteiger partial charge in [0.05, 0.1) is 10.7 Å². The summed E-state index contributed by atoms with van der Waals surface area (Å²) in [5.41, 5.74) is 1.20. The molecule has 0 saturated heterocycles. The molecule has 0 atom stereocenters. The van der Waals surface area contributed by atoms with Gasteiger partial charge in [0, 0.05) is 17.8 Å². The van der Waals surface area contributed by atoms with Crippen molar-refractivity contribution in [2.75, 3.05) is 6.54 Å². The Hall–Kier alpha value is -0.410. The highest BCUT2D eigenvalue weighted by Gasteiger charge is 2.22. The topological polar surface area (TPSA) is 24.9 Å². The maximum atomic E-state index is 4.78. The molecule has 2 nitrogen and oxygen atoms in total. The summed E-state index contributed by atoms with van der Waals surface area (Å²) in [4.78, 5) is 4.78. The maximum absolute atomic E-state index is 4.78. The predicted octanol–water partition coefficient (Wildman–Crippen LogP) is 4.04. The van der Waals surface area contributed by atoms with Gasteiger partial charge in [-0.3, -0.25) is 0 Å². The van der Waals surface area contributed by atoms with Gasteiger partial charge >= 0.3 is 0 Å². The predicted molar refractivity (Wildman–Crippen MR) is 76.5 cm³/mol. The van der Waals surface area contributed by atoms with E-state index in [4.69, 9.17) is 4.98 Å². The molecule has 98 valence electrons. The van der Waals surface area contributed by atoms with Crippen molar-refractivity contribution in [3.8, 4) is 0 Å². The smallest absolute Gasteiger partial charge is 0.0964 e. The molecule has 0 aliphatic carbocycles. The molecule has 0 saturated carbocycles. The zero-order valence-electron chi connectivity index (χ0n) is 11.8. The normalized spacial score (nSPS) is 12.0. The van der Waals surface area contributed by atoms with Crippen LogP contribution in [0.2, 0.25) is 0 Å². The van der Waals surface area contributed by atoms with E-state index in [1.165, 1.54) is 17.1 Å². The molecule has 0 radical (unpaired) electrons. The summed E-state index contributed by atoms with van der Waals surface area (Å²) < 4.78 is 0. The molecule has 0 fully saturated rings. The number of nitrogens with zero attached hydrogens (tertiary/aromatic N) is 1. The molecule has 1 heterocycles. The molecule has 0 aliphatic heterocycles. The van der Waals surface area contributed by atoms with Crippen LogP contribution in [-0.4, -0.2) is 11.5 Å². The Balaban J connectivity index is 2.65. The van der Waals surface area contributed by atoms with Gasteiger partial charge in [-0.05, 0) is 24.8 Å². The highest BCUT2D eigenvalue weighted by molar-refractivity contribution is 7.09. The lowest BCUT2D eigenvalue weighted by atomic mass is 9.86. The third kappa shape index (κ3) is 4.40. The largest absolute Gasteiger partial charge is 0.311 e. The second-order valence-electron chi connectivity index (χ2n) is 5.37. The van der Waals surface area contributed by atoms with Gasteiger partial charge in [0.2, 0.25) is 0 Å². The molecule has 1 aromatic heterocycles. The standard InChI is InChI=1S/C14H26N2S/c1-6-7-15-8-12-9-17-14(16-12)13(10(2)3)11(4)5/h9-11,13,15H,6-8H2,1-5H3. The van der Waals surface area contributed by atoms with E-state index in [0.717, 1.165) is 13.1 Å². The molecule has 0 bridgehead atoms. The fourth-order valence-corrected chi connectivity index (χ4v) is 3.55.